The molecule has 1 fully saturated rings. The quantitative estimate of drug-likeness (QED) is 0.800. The Labute approximate surface area is 112 Å². The van der Waals surface area contributed by atoms with Gasteiger partial charge in [0.25, 0.3) is 0 Å². The highest BCUT2D eigenvalue weighted by atomic mass is 32.1. The summed E-state index contributed by atoms with van der Waals surface area (Å²) in [5, 5.41) is 0. The van der Waals surface area contributed by atoms with Crippen molar-refractivity contribution in [1.29, 1.82) is 0 Å². The van der Waals surface area contributed by atoms with Crippen LogP contribution in [0.3, 0.4) is 0 Å². The van der Waals surface area contributed by atoms with E-state index >= 15 is 0 Å². The molecule has 0 spiro atoms. The van der Waals surface area contributed by atoms with Crippen LogP contribution in [0.5, 0.6) is 0 Å². The van der Waals surface area contributed by atoms with Crippen LogP contribution in [0.25, 0.3) is 0 Å². The number of likely N-dealkylation sites (tertiary alicyclic amines) is 1. The topological polar surface area (TPSA) is 63.4 Å². The van der Waals surface area contributed by atoms with E-state index < -0.39 is 11.9 Å². The number of amides is 2. The largest absolute Gasteiger partial charge is 0.368 e. The Balaban J connectivity index is 2.03. The summed E-state index contributed by atoms with van der Waals surface area (Å²) in [6.07, 6.45) is 1.82. The summed E-state index contributed by atoms with van der Waals surface area (Å²) in [7, 11) is 0. The third kappa shape index (κ3) is 2.85. The lowest BCUT2D eigenvalue weighted by Gasteiger charge is -2.22. The first-order chi connectivity index (χ1) is 8.58. The van der Waals surface area contributed by atoms with Crippen LogP contribution < -0.4 is 5.73 Å². The van der Waals surface area contributed by atoms with Crippen molar-refractivity contribution in [3.05, 3.63) is 29.8 Å². The molecule has 0 radical (unpaired) electrons. The van der Waals surface area contributed by atoms with Crippen LogP contribution in [0.4, 0.5) is 0 Å². The molecule has 1 aromatic rings. The van der Waals surface area contributed by atoms with E-state index in [4.69, 9.17) is 5.73 Å². The molecule has 1 atom stereocenters. The van der Waals surface area contributed by atoms with E-state index in [1.165, 1.54) is 0 Å². The van der Waals surface area contributed by atoms with Crippen LogP contribution in [0.2, 0.25) is 0 Å². The Kier molecular flexibility index (Phi) is 3.91. The van der Waals surface area contributed by atoms with E-state index in [0.29, 0.717) is 19.4 Å². The molecule has 2 rings (SSSR count). The molecule has 0 aliphatic carbocycles. The van der Waals surface area contributed by atoms with Crippen LogP contribution in [0.1, 0.15) is 18.4 Å². The molecule has 1 unspecified atom stereocenters. The van der Waals surface area contributed by atoms with Gasteiger partial charge in [-0.2, -0.15) is 0 Å². The van der Waals surface area contributed by atoms with Crippen molar-refractivity contribution in [1.82, 2.24) is 4.90 Å². The van der Waals surface area contributed by atoms with E-state index in [1.54, 1.807) is 4.90 Å². The molecule has 0 bridgehead atoms. The molecule has 1 aliphatic rings. The van der Waals surface area contributed by atoms with Gasteiger partial charge in [0.1, 0.15) is 6.04 Å². The second kappa shape index (κ2) is 5.44. The van der Waals surface area contributed by atoms with Crippen molar-refractivity contribution in [3.8, 4) is 0 Å². The molecule has 96 valence electrons. The van der Waals surface area contributed by atoms with Crippen molar-refractivity contribution in [3.63, 3.8) is 0 Å². The number of thiol groups is 1. The first-order valence-corrected chi connectivity index (χ1v) is 6.39. The molecule has 0 aromatic heterocycles. The van der Waals surface area contributed by atoms with E-state index in [9.17, 15) is 9.59 Å². The van der Waals surface area contributed by atoms with E-state index in [2.05, 4.69) is 12.6 Å². The number of carbonyl (C=O) groups is 2. The first kappa shape index (κ1) is 13.0. The van der Waals surface area contributed by atoms with Gasteiger partial charge < -0.3 is 10.6 Å². The van der Waals surface area contributed by atoms with Gasteiger partial charge in [0.05, 0.1) is 6.42 Å². The number of rotatable bonds is 3. The van der Waals surface area contributed by atoms with Crippen LogP contribution in [-0.4, -0.2) is 29.3 Å². The molecule has 1 aliphatic heterocycles. The fourth-order valence-corrected chi connectivity index (χ4v) is 2.40. The fourth-order valence-electron chi connectivity index (χ4n) is 2.25. The molecule has 5 heteroatoms. The summed E-state index contributed by atoms with van der Waals surface area (Å²) in [5.41, 5.74) is 6.22. The van der Waals surface area contributed by atoms with Crippen molar-refractivity contribution < 1.29 is 9.59 Å². The number of hydrogen-bond donors (Lipinski definition) is 2. The van der Waals surface area contributed by atoms with E-state index in [1.807, 2.05) is 24.3 Å². The van der Waals surface area contributed by atoms with Crippen molar-refractivity contribution in [2.45, 2.75) is 30.2 Å². The lowest BCUT2D eigenvalue weighted by molar-refractivity contribution is -0.136. The van der Waals surface area contributed by atoms with Crippen LogP contribution >= 0.6 is 12.6 Å². The van der Waals surface area contributed by atoms with Crippen LogP contribution in [-0.2, 0) is 16.0 Å². The monoisotopic (exact) mass is 264 g/mol. The van der Waals surface area contributed by atoms with Gasteiger partial charge >= 0.3 is 0 Å². The van der Waals surface area contributed by atoms with Gasteiger partial charge in [-0.1, -0.05) is 12.1 Å². The number of carbonyl (C=O) groups excluding carboxylic acids is 2. The maximum absolute atomic E-state index is 12.1. The molecular weight excluding hydrogens is 248 g/mol. The average Bonchev–Trinajstić information content (AvgIpc) is 2.81. The summed E-state index contributed by atoms with van der Waals surface area (Å²) in [6.45, 7) is 0.622. The molecular formula is C13H16N2O2S. The van der Waals surface area contributed by atoms with Crippen molar-refractivity contribution in [2.24, 2.45) is 5.73 Å². The standard InChI is InChI=1S/C13H16N2O2S/c14-13(17)11-2-1-7-15(11)12(16)8-9-3-5-10(18)6-4-9/h3-6,11,18H,1-2,7-8H2,(H2,14,17). The van der Waals surface area contributed by atoms with Crippen molar-refractivity contribution >= 4 is 24.4 Å². The second-order valence-electron chi connectivity index (χ2n) is 4.49. The summed E-state index contributed by atoms with van der Waals surface area (Å²) in [5.74, 6) is -0.449. The normalized spacial score (nSPS) is 18.9. The summed E-state index contributed by atoms with van der Waals surface area (Å²) >= 11 is 4.19. The van der Waals surface area contributed by atoms with Gasteiger partial charge in [0.15, 0.2) is 0 Å². The van der Waals surface area contributed by atoms with E-state index in [0.717, 1.165) is 16.9 Å². The number of benzene rings is 1. The van der Waals surface area contributed by atoms with Gasteiger partial charge in [-0.05, 0) is 30.5 Å². The summed E-state index contributed by atoms with van der Waals surface area (Å²) in [4.78, 5) is 25.8. The average molecular weight is 264 g/mol. The second-order valence-corrected chi connectivity index (χ2v) is 5.01. The number of nitrogens with two attached hydrogens (primary N) is 1. The Bertz CT molecular complexity index is 459. The van der Waals surface area contributed by atoms with Crippen LogP contribution in [0, 0.1) is 0 Å². The Morgan fingerprint density at radius 1 is 1.33 bits per heavy atom. The van der Waals surface area contributed by atoms with Crippen molar-refractivity contribution in [2.75, 3.05) is 6.54 Å². The maximum atomic E-state index is 12.1. The van der Waals surface area contributed by atoms with Gasteiger partial charge in [-0.15, -0.1) is 12.6 Å². The predicted molar refractivity (Wildman–Crippen MR) is 71.3 cm³/mol. The number of hydrogen-bond acceptors (Lipinski definition) is 3. The number of nitrogens with zero attached hydrogens (tertiary/aromatic N) is 1. The smallest absolute Gasteiger partial charge is 0.240 e. The zero-order chi connectivity index (χ0) is 13.1. The third-order valence-electron chi connectivity index (χ3n) is 3.19. The first-order valence-electron chi connectivity index (χ1n) is 5.94. The molecule has 1 aromatic carbocycles. The molecule has 1 heterocycles. The maximum Gasteiger partial charge on any atom is 0.240 e. The zero-order valence-electron chi connectivity index (χ0n) is 10.0. The molecule has 4 nitrogen and oxygen atoms in total. The van der Waals surface area contributed by atoms with Gasteiger partial charge in [-0.3, -0.25) is 9.59 Å². The predicted octanol–water partition coefficient (Wildman–Crippen LogP) is 0.994. The Morgan fingerprint density at radius 3 is 2.61 bits per heavy atom. The van der Waals surface area contributed by atoms with Gasteiger partial charge in [0, 0.05) is 11.4 Å². The highest BCUT2D eigenvalue weighted by molar-refractivity contribution is 7.80. The van der Waals surface area contributed by atoms with E-state index in [-0.39, 0.29) is 5.91 Å². The zero-order valence-corrected chi connectivity index (χ0v) is 10.9. The number of primary amides is 1. The fraction of sp³-hybridized carbons (Fsp3) is 0.385. The minimum absolute atomic E-state index is 0.0387. The lowest BCUT2D eigenvalue weighted by atomic mass is 10.1. The Hall–Kier alpha value is -1.49. The summed E-state index contributed by atoms with van der Waals surface area (Å²) < 4.78 is 0. The Morgan fingerprint density at radius 2 is 2.00 bits per heavy atom. The molecule has 18 heavy (non-hydrogen) atoms. The third-order valence-corrected chi connectivity index (χ3v) is 3.49. The van der Waals surface area contributed by atoms with Gasteiger partial charge in [-0.25, -0.2) is 0 Å². The van der Waals surface area contributed by atoms with Gasteiger partial charge in [0.2, 0.25) is 11.8 Å². The molecule has 0 saturated carbocycles. The highest BCUT2D eigenvalue weighted by Crippen LogP contribution is 2.18. The lowest BCUT2D eigenvalue weighted by Crippen LogP contribution is -2.44. The minimum Gasteiger partial charge on any atom is -0.368 e. The molecule has 2 amide bonds. The minimum atomic E-state index is -0.429. The SMILES string of the molecule is NC(=O)C1CCCN1C(=O)Cc1ccc(S)cc1. The van der Waals surface area contributed by atoms with Crippen LogP contribution in [0.15, 0.2) is 29.2 Å². The highest BCUT2D eigenvalue weighted by Gasteiger charge is 2.32. The molecule has 1 saturated heterocycles. The molecule has 2 N–H and O–H groups in total. The summed E-state index contributed by atoms with van der Waals surface area (Å²) in [6, 6.07) is 7.01.